The van der Waals surface area contributed by atoms with Crippen molar-refractivity contribution in [2.45, 2.75) is 64.5 Å². The van der Waals surface area contributed by atoms with E-state index in [1.165, 1.54) is 13.1 Å². The highest BCUT2D eigenvalue weighted by Crippen LogP contribution is 2.42. The number of aromatic nitrogens is 3. The van der Waals surface area contributed by atoms with Crippen LogP contribution in [0.4, 0.5) is 23.3 Å². The Morgan fingerprint density at radius 2 is 1.92 bits per heavy atom. The summed E-state index contributed by atoms with van der Waals surface area (Å²) in [5.41, 5.74) is 2.42. The topological polar surface area (TPSA) is 107 Å². The van der Waals surface area contributed by atoms with E-state index < -0.39 is 0 Å². The van der Waals surface area contributed by atoms with Crippen molar-refractivity contribution >= 4 is 35.6 Å². The molecule has 1 aliphatic carbocycles. The van der Waals surface area contributed by atoms with Gasteiger partial charge in [-0.05, 0) is 51.7 Å². The molecule has 6 rings (SSSR count). The van der Waals surface area contributed by atoms with E-state index in [0.29, 0.717) is 42.0 Å². The molecule has 2 amide bonds. The van der Waals surface area contributed by atoms with Crippen LogP contribution in [-0.2, 0) is 16.0 Å². The van der Waals surface area contributed by atoms with Gasteiger partial charge in [-0.3, -0.25) is 19.4 Å². The van der Waals surface area contributed by atoms with E-state index in [-0.39, 0.29) is 17.9 Å². The lowest BCUT2D eigenvalue weighted by molar-refractivity contribution is -0.122. The van der Waals surface area contributed by atoms with Crippen LogP contribution in [0.15, 0.2) is 24.5 Å². The van der Waals surface area contributed by atoms with Gasteiger partial charge in [-0.15, -0.1) is 0 Å². The van der Waals surface area contributed by atoms with E-state index in [1.807, 2.05) is 12.3 Å². The summed E-state index contributed by atoms with van der Waals surface area (Å²) >= 11 is 0. The number of pyridine rings is 1. The molecule has 202 valence electrons. The number of nitrogens with zero attached hydrogens (tertiary/aromatic N) is 6. The van der Waals surface area contributed by atoms with Crippen LogP contribution in [0.5, 0.6) is 0 Å². The van der Waals surface area contributed by atoms with Gasteiger partial charge in [-0.1, -0.05) is 12.8 Å². The van der Waals surface area contributed by atoms with Gasteiger partial charge in [0.05, 0.1) is 11.9 Å². The number of hydrogen-bond acceptors (Lipinski definition) is 8. The number of carbonyl (C=O) groups excluding carboxylic acids is 2. The summed E-state index contributed by atoms with van der Waals surface area (Å²) in [5.74, 6) is 1.60. The maximum Gasteiger partial charge on any atom is 0.230 e. The molecule has 5 heterocycles. The molecule has 2 aromatic rings. The maximum absolute atomic E-state index is 12.2. The number of hydrogen-bond donors (Lipinski definition) is 2. The highest BCUT2D eigenvalue weighted by Gasteiger charge is 2.52. The molecule has 0 bridgehead atoms. The normalized spacial score (nSPS) is 22.9. The van der Waals surface area contributed by atoms with Gasteiger partial charge in [-0.25, -0.2) is 9.97 Å². The lowest BCUT2D eigenvalue weighted by atomic mass is 9.72. The first-order valence-electron chi connectivity index (χ1n) is 14.0. The van der Waals surface area contributed by atoms with Crippen LogP contribution in [0.3, 0.4) is 0 Å². The average Bonchev–Trinajstić information content (AvgIpc) is 3.52. The fourth-order valence-electron chi connectivity index (χ4n) is 6.51. The maximum atomic E-state index is 12.2. The summed E-state index contributed by atoms with van der Waals surface area (Å²) in [7, 11) is 0. The van der Waals surface area contributed by atoms with Gasteiger partial charge in [0, 0.05) is 67.9 Å². The first-order chi connectivity index (χ1) is 18.4. The fourth-order valence-corrected chi connectivity index (χ4v) is 6.51. The van der Waals surface area contributed by atoms with E-state index >= 15 is 0 Å². The minimum Gasteiger partial charge on any atom is -0.369 e. The SMILES string of the molecule is CC(C)N1CC2(CN(c3ccc(Nc4ncc(C[C@@H]5CCNC5=O)c(N(C=O)C5CCCC5)n4)nc3)C2)C1. The molecule has 2 aromatic heterocycles. The third kappa shape index (κ3) is 4.81. The van der Waals surface area contributed by atoms with Crippen LogP contribution in [0.1, 0.15) is 51.5 Å². The van der Waals surface area contributed by atoms with Crippen LogP contribution in [0.25, 0.3) is 0 Å². The van der Waals surface area contributed by atoms with Crippen molar-refractivity contribution in [3.63, 3.8) is 0 Å². The highest BCUT2D eigenvalue weighted by atomic mass is 16.2. The van der Waals surface area contributed by atoms with Gasteiger partial charge in [-0.2, -0.15) is 4.98 Å². The summed E-state index contributed by atoms with van der Waals surface area (Å²) in [6.07, 6.45) is 10.00. The third-order valence-corrected chi connectivity index (χ3v) is 8.76. The molecule has 1 spiro atoms. The molecular weight excluding hydrogens is 480 g/mol. The van der Waals surface area contributed by atoms with Gasteiger partial charge in [0.15, 0.2) is 0 Å². The quantitative estimate of drug-likeness (QED) is 0.488. The van der Waals surface area contributed by atoms with Crippen LogP contribution >= 0.6 is 0 Å². The Kier molecular flexibility index (Phi) is 6.67. The van der Waals surface area contributed by atoms with Crippen molar-refractivity contribution in [2.75, 3.05) is 47.8 Å². The van der Waals surface area contributed by atoms with Crippen molar-refractivity contribution in [3.05, 3.63) is 30.1 Å². The Labute approximate surface area is 224 Å². The Morgan fingerprint density at radius 1 is 1.13 bits per heavy atom. The van der Waals surface area contributed by atoms with E-state index in [9.17, 15) is 9.59 Å². The van der Waals surface area contributed by atoms with E-state index in [1.54, 1.807) is 11.1 Å². The molecule has 10 heteroatoms. The van der Waals surface area contributed by atoms with E-state index in [4.69, 9.17) is 4.98 Å². The number of likely N-dealkylation sites (tertiary alicyclic amines) is 1. The molecule has 3 aliphatic heterocycles. The predicted molar refractivity (Wildman–Crippen MR) is 147 cm³/mol. The zero-order valence-corrected chi connectivity index (χ0v) is 22.4. The van der Waals surface area contributed by atoms with Gasteiger partial charge in [0.1, 0.15) is 11.6 Å². The number of anilines is 4. The molecule has 0 aromatic carbocycles. The third-order valence-electron chi connectivity index (χ3n) is 8.76. The number of rotatable bonds is 9. The molecular formula is C28H38N8O2. The van der Waals surface area contributed by atoms with Gasteiger partial charge in [0.25, 0.3) is 0 Å². The predicted octanol–water partition coefficient (Wildman–Crippen LogP) is 2.73. The number of nitrogens with one attached hydrogen (secondary N) is 2. The molecule has 1 atom stereocenters. The molecule has 3 saturated heterocycles. The number of amides is 2. The molecule has 1 saturated carbocycles. The van der Waals surface area contributed by atoms with Gasteiger partial charge in [0.2, 0.25) is 18.3 Å². The lowest BCUT2D eigenvalue weighted by Crippen LogP contribution is -2.73. The molecule has 2 N–H and O–H groups in total. The summed E-state index contributed by atoms with van der Waals surface area (Å²) in [5, 5.41) is 6.12. The van der Waals surface area contributed by atoms with Crippen molar-refractivity contribution in [1.82, 2.24) is 25.2 Å². The minimum absolute atomic E-state index is 0.0589. The highest BCUT2D eigenvalue weighted by molar-refractivity contribution is 5.82. The second-order valence-corrected chi connectivity index (χ2v) is 11.9. The largest absolute Gasteiger partial charge is 0.369 e. The average molecular weight is 519 g/mol. The van der Waals surface area contributed by atoms with Crippen LogP contribution in [-0.4, -0.2) is 77.0 Å². The second kappa shape index (κ2) is 10.1. The van der Waals surface area contributed by atoms with Crippen LogP contribution < -0.4 is 20.4 Å². The molecule has 4 aliphatic rings. The fraction of sp³-hybridized carbons (Fsp3) is 0.607. The lowest BCUT2D eigenvalue weighted by Gasteiger charge is -2.62. The first kappa shape index (κ1) is 25.0. The zero-order chi connectivity index (χ0) is 26.3. The van der Waals surface area contributed by atoms with Crippen molar-refractivity contribution < 1.29 is 9.59 Å². The van der Waals surface area contributed by atoms with Gasteiger partial charge < -0.3 is 15.5 Å². The Hall–Kier alpha value is -3.27. The van der Waals surface area contributed by atoms with Crippen LogP contribution in [0.2, 0.25) is 0 Å². The Balaban J connectivity index is 1.15. The summed E-state index contributed by atoms with van der Waals surface area (Å²) < 4.78 is 0. The first-order valence-corrected chi connectivity index (χ1v) is 14.0. The minimum atomic E-state index is -0.114. The van der Waals surface area contributed by atoms with Crippen LogP contribution in [0, 0.1) is 11.3 Å². The summed E-state index contributed by atoms with van der Waals surface area (Å²) in [4.78, 5) is 45.1. The molecule has 10 nitrogen and oxygen atoms in total. The monoisotopic (exact) mass is 518 g/mol. The van der Waals surface area contributed by atoms with E-state index in [0.717, 1.165) is 62.9 Å². The standard InChI is InChI=1S/C28H38N8O2/c1-19(2)34-14-28(15-34)16-35(17-28)23-7-8-24(30-13-23)32-27-31-12-21(11-20-9-10-29-26(20)38)25(33-27)36(18-37)22-5-3-4-6-22/h7-8,12-13,18-20,22H,3-6,9-11,14-17H2,1-2H3,(H,29,38)(H,30,31,32,33)/t20-/m0/s1. The van der Waals surface area contributed by atoms with Crippen molar-refractivity contribution in [3.8, 4) is 0 Å². The summed E-state index contributed by atoms with van der Waals surface area (Å²) in [6, 6.07) is 4.80. The van der Waals surface area contributed by atoms with Gasteiger partial charge >= 0.3 is 0 Å². The smallest absolute Gasteiger partial charge is 0.230 e. The Morgan fingerprint density at radius 3 is 2.55 bits per heavy atom. The molecule has 0 radical (unpaired) electrons. The van der Waals surface area contributed by atoms with Crippen molar-refractivity contribution in [1.29, 1.82) is 0 Å². The zero-order valence-electron chi connectivity index (χ0n) is 22.4. The second-order valence-electron chi connectivity index (χ2n) is 11.9. The molecule has 0 unspecified atom stereocenters. The number of carbonyl (C=O) groups is 2. The van der Waals surface area contributed by atoms with E-state index in [2.05, 4.69) is 50.3 Å². The molecule has 4 fully saturated rings. The van der Waals surface area contributed by atoms with Crippen molar-refractivity contribution in [2.24, 2.45) is 11.3 Å². The molecule has 38 heavy (non-hydrogen) atoms. The summed E-state index contributed by atoms with van der Waals surface area (Å²) in [6.45, 7) is 9.76. The Bertz CT molecular complexity index is 1170.